The first-order valence-electron chi connectivity index (χ1n) is 8.22. The van der Waals surface area contributed by atoms with Crippen molar-refractivity contribution in [3.63, 3.8) is 0 Å². The molecule has 1 fully saturated rings. The molecule has 0 saturated heterocycles. The van der Waals surface area contributed by atoms with Crippen LogP contribution in [0.2, 0.25) is 0 Å². The second-order valence-electron chi connectivity index (χ2n) is 5.79. The van der Waals surface area contributed by atoms with Gasteiger partial charge in [-0.15, -0.1) is 0 Å². The van der Waals surface area contributed by atoms with Gasteiger partial charge in [0.2, 0.25) is 0 Å². The van der Waals surface area contributed by atoms with Crippen LogP contribution in [-0.2, 0) is 13.1 Å². The molecule has 1 N–H and O–H groups in total. The minimum Gasteiger partial charge on any atom is -0.313 e. The summed E-state index contributed by atoms with van der Waals surface area (Å²) in [5.74, 6) is 0. The second-order valence-corrected chi connectivity index (χ2v) is 5.79. The zero-order chi connectivity index (χ0) is 14.2. The fraction of sp³-hybridized carbons (Fsp3) is 0.706. The van der Waals surface area contributed by atoms with Crippen LogP contribution in [0.3, 0.4) is 0 Å². The Labute approximate surface area is 123 Å². The SMILES string of the molecule is CCNCc1ccc(CN(CC)C2CCCCC2)nc1. The van der Waals surface area contributed by atoms with Crippen molar-refractivity contribution in [3.8, 4) is 0 Å². The summed E-state index contributed by atoms with van der Waals surface area (Å²) >= 11 is 0. The molecule has 0 bridgehead atoms. The lowest BCUT2D eigenvalue weighted by atomic mass is 9.94. The van der Waals surface area contributed by atoms with Crippen LogP contribution in [0.5, 0.6) is 0 Å². The minimum absolute atomic E-state index is 0.775. The van der Waals surface area contributed by atoms with Crippen LogP contribution in [-0.4, -0.2) is 29.0 Å². The maximum Gasteiger partial charge on any atom is 0.0544 e. The van der Waals surface area contributed by atoms with E-state index in [0.29, 0.717) is 0 Å². The van der Waals surface area contributed by atoms with E-state index in [9.17, 15) is 0 Å². The molecule has 2 rings (SSSR count). The predicted molar refractivity (Wildman–Crippen MR) is 84.6 cm³/mol. The van der Waals surface area contributed by atoms with E-state index in [0.717, 1.165) is 32.2 Å². The van der Waals surface area contributed by atoms with Gasteiger partial charge in [-0.2, -0.15) is 0 Å². The summed E-state index contributed by atoms with van der Waals surface area (Å²) in [4.78, 5) is 7.24. The van der Waals surface area contributed by atoms with E-state index < -0.39 is 0 Å². The normalized spacial score (nSPS) is 16.8. The van der Waals surface area contributed by atoms with Crippen molar-refractivity contribution in [1.29, 1.82) is 0 Å². The Morgan fingerprint density at radius 2 is 2.00 bits per heavy atom. The van der Waals surface area contributed by atoms with Gasteiger partial charge in [0, 0.05) is 25.3 Å². The zero-order valence-electron chi connectivity index (χ0n) is 13.1. The van der Waals surface area contributed by atoms with Crippen LogP contribution in [0.15, 0.2) is 18.3 Å². The largest absolute Gasteiger partial charge is 0.313 e. The molecule has 20 heavy (non-hydrogen) atoms. The van der Waals surface area contributed by atoms with Gasteiger partial charge < -0.3 is 5.32 Å². The molecule has 1 heterocycles. The molecule has 0 spiro atoms. The third kappa shape index (κ3) is 4.57. The second kappa shape index (κ2) is 8.38. The number of nitrogens with zero attached hydrogens (tertiary/aromatic N) is 2. The third-order valence-electron chi connectivity index (χ3n) is 4.33. The van der Waals surface area contributed by atoms with Crippen LogP contribution in [0.4, 0.5) is 0 Å². The molecule has 1 saturated carbocycles. The summed E-state index contributed by atoms with van der Waals surface area (Å²) in [6.07, 6.45) is 8.98. The van der Waals surface area contributed by atoms with Crippen LogP contribution >= 0.6 is 0 Å². The average molecular weight is 275 g/mol. The Bertz CT molecular complexity index is 368. The molecular weight excluding hydrogens is 246 g/mol. The molecule has 1 aliphatic carbocycles. The molecule has 3 heteroatoms. The highest BCUT2D eigenvalue weighted by Gasteiger charge is 2.20. The molecule has 0 unspecified atom stereocenters. The number of aromatic nitrogens is 1. The highest BCUT2D eigenvalue weighted by molar-refractivity contribution is 5.14. The number of rotatable bonds is 7. The number of hydrogen-bond donors (Lipinski definition) is 1. The van der Waals surface area contributed by atoms with E-state index in [4.69, 9.17) is 0 Å². The summed E-state index contributed by atoms with van der Waals surface area (Å²) in [5, 5.41) is 3.34. The first kappa shape index (κ1) is 15.5. The minimum atomic E-state index is 0.775. The molecule has 0 radical (unpaired) electrons. The Morgan fingerprint density at radius 1 is 1.20 bits per heavy atom. The lowest BCUT2D eigenvalue weighted by Gasteiger charge is -2.33. The van der Waals surface area contributed by atoms with E-state index in [2.05, 4.69) is 41.2 Å². The first-order chi connectivity index (χ1) is 9.83. The van der Waals surface area contributed by atoms with Gasteiger partial charge in [0.05, 0.1) is 5.69 Å². The van der Waals surface area contributed by atoms with Gasteiger partial charge in [0.25, 0.3) is 0 Å². The lowest BCUT2D eigenvalue weighted by Crippen LogP contribution is -2.36. The van der Waals surface area contributed by atoms with Crippen molar-refractivity contribution in [2.45, 2.75) is 65.1 Å². The first-order valence-corrected chi connectivity index (χ1v) is 8.22. The van der Waals surface area contributed by atoms with Gasteiger partial charge >= 0.3 is 0 Å². The number of pyridine rings is 1. The Balaban J connectivity index is 1.89. The molecule has 0 amide bonds. The van der Waals surface area contributed by atoms with Crippen molar-refractivity contribution < 1.29 is 0 Å². The monoisotopic (exact) mass is 275 g/mol. The van der Waals surface area contributed by atoms with Gasteiger partial charge in [-0.25, -0.2) is 0 Å². The smallest absolute Gasteiger partial charge is 0.0544 e. The van der Waals surface area contributed by atoms with Gasteiger partial charge in [-0.05, 0) is 37.6 Å². The molecule has 1 aromatic rings. The average Bonchev–Trinajstić information content (AvgIpc) is 2.52. The van der Waals surface area contributed by atoms with Crippen LogP contribution < -0.4 is 5.32 Å². The zero-order valence-corrected chi connectivity index (χ0v) is 13.1. The van der Waals surface area contributed by atoms with Crippen LogP contribution in [0.1, 0.15) is 57.2 Å². The van der Waals surface area contributed by atoms with E-state index in [1.807, 2.05) is 6.20 Å². The number of hydrogen-bond acceptors (Lipinski definition) is 3. The molecule has 0 aromatic carbocycles. The molecule has 112 valence electrons. The summed E-state index contributed by atoms with van der Waals surface area (Å²) in [7, 11) is 0. The van der Waals surface area contributed by atoms with Crippen molar-refractivity contribution >= 4 is 0 Å². The Morgan fingerprint density at radius 3 is 2.60 bits per heavy atom. The van der Waals surface area contributed by atoms with E-state index >= 15 is 0 Å². The summed E-state index contributed by atoms with van der Waals surface area (Å²) in [6.45, 7) is 8.46. The van der Waals surface area contributed by atoms with Crippen LogP contribution in [0, 0.1) is 0 Å². The number of nitrogens with one attached hydrogen (secondary N) is 1. The molecule has 1 aromatic heterocycles. The Hall–Kier alpha value is -0.930. The van der Waals surface area contributed by atoms with E-state index in [1.165, 1.54) is 43.4 Å². The van der Waals surface area contributed by atoms with Crippen molar-refractivity contribution in [2.75, 3.05) is 13.1 Å². The predicted octanol–water partition coefficient (Wildman–Crippen LogP) is 3.35. The highest BCUT2D eigenvalue weighted by atomic mass is 15.2. The van der Waals surface area contributed by atoms with Crippen molar-refractivity contribution in [2.24, 2.45) is 0 Å². The summed E-state index contributed by atoms with van der Waals surface area (Å²) in [5.41, 5.74) is 2.48. The molecule has 0 aliphatic heterocycles. The van der Waals surface area contributed by atoms with E-state index in [-0.39, 0.29) is 0 Å². The van der Waals surface area contributed by atoms with Gasteiger partial charge in [0.15, 0.2) is 0 Å². The lowest BCUT2D eigenvalue weighted by molar-refractivity contribution is 0.154. The Kier molecular flexibility index (Phi) is 6.48. The van der Waals surface area contributed by atoms with Crippen molar-refractivity contribution in [1.82, 2.24) is 15.2 Å². The third-order valence-corrected chi connectivity index (χ3v) is 4.33. The maximum atomic E-state index is 4.63. The fourth-order valence-electron chi connectivity index (χ4n) is 3.08. The molecular formula is C17H29N3. The quantitative estimate of drug-likeness (QED) is 0.827. The fourth-order valence-corrected chi connectivity index (χ4v) is 3.08. The maximum absolute atomic E-state index is 4.63. The summed E-state index contributed by atoms with van der Waals surface area (Å²) in [6, 6.07) is 5.18. The van der Waals surface area contributed by atoms with E-state index in [1.54, 1.807) is 0 Å². The van der Waals surface area contributed by atoms with Gasteiger partial charge in [-0.1, -0.05) is 39.2 Å². The topological polar surface area (TPSA) is 28.2 Å². The van der Waals surface area contributed by atoms with Crippen molar-refractivity contribution in [3.05, 3.63) is 29.6 Å². The summed E-state index contributed by atoms with van der Waals surface area (Å²) < 4.78 is 0. The standard InChI is InChI=1S/C17H29N3/c1-3-18-12-15-10-11-16(19-13-15)14-20(4-2)17-8-6-5-7-9-17/h10-11,13,17-18H,3-9,12,14H2,1-2H3. The molecule has 0 atom stereocenters. The highest BCUT2D eigenvalue weighted by Crippen LogP contribution is 2.23. The van der Waals surface area contributed by atoms with Crippen LogP contribution in [0.25, 0.3) is 0 Å². The van der Waals surface area contributed by atoms with Gasteiger partial charge in [0.1, 0.15) is 0 Å². The molecule has 3 nitrogen and oxygen atoms in total. The molecule has 1 aliphatic rings. The van der Waals surface area contributed by atoms with Gasteiger partial charge in [-0.3, -0.25) is 9.88 Å².